The van der Waals surface area contributed by atoms with Crippen molar-refractivity contribution < 1.29 is 4.79 Å². The topological polar surface area (TPSA) is 43.9 Å². The highest BCUT2D eigenvalue weighted by Gasteiger charge is 2.36. The second kappa shape index (κ2) is 1.90. The predicted molar refractivity (Wildman–Crippen MR) is 31.3 cm³/mol. The highest BCUT2D eigenvalue weighted by Crippen LogP contribution is 2.15. The van der Waals surface area contributed by atoms with Crippen molar-refractivity contribution in [1.82, 2.24) is 4.90 Å². The van der Waals surface area contributed by atoms with Crippen LogP contribution in [0.3, 0.4) is 0 Å². The molecule has 0 bridgehead atoms. The van der Waals surface area contributed by atoms with Gasteiger partial charge in [0.15, 0.2) is 0 Å². The molecule has 0 radical (unpaired) electrons. The lowest BCUT2D eigenvalue weighted by molar-refractivity contribution is -0.121. The maximum Gasteiger partial charge on any atom is 0.247 e. The molecule has 3 heteroatoms. The van der Waals surface area contributed by atoms with Crippen LogP contribution in [0, 0.1) is 11.3 Å². The summed E-state index contributed by atoms with van der Waals surface area (Å²) in [5.41, 5.74) is 0. The summed E-state index contributed by atoms with van der Waals surface area (Å²) in [4.78, 5) is 12.1. The Kier molecular flexibility index (Phi) is 1.23. The molecule has 1 saturated heterocycles. The Morgan fingerprint density at radius 1 is 2.00 bits per heavy atom. The van der Waals surface area contributed by atoms with Crippen LogP contribution in [0.1, 0.15) is 0 Å². The number of carbonyl (C=O) groups excluding carboxylic acids is 1. The van der Waals surface area contributed by atoms with Crippen molar-refractivity contribution in [2.75, 3.05) is 6.54 Å². The Morgan fingerprint density at radius 2 is 2.67 bits per heavy atom. The van der Waals surface area contributed by atoms with Crippen LogP contribution >= 0.6 is 0 Å². The number of amides is 1. The maximum absolute atomic E-state index is 10.6. The van der Waals surface area contributed by atoms with Gasteiger partial charge >= 0.3 is 0 Å². The minimum absolute atomic E-state index is 0.151. The van der Waals surface area contributed by atoms with E-state index < -0.39 is 0 Å². The quantitative estimate of drug-likeness (QED) is 0.360. The van der Waals surface area contributed by atoms with E-state index in [2.05, 4.69) is 6.58 Å². The highest BCUT2D eigenvalue weighted by molar-refractivity contribution is 5.89. The minimum Gasteiger partial charge on any atom is -0.318 e. The van der Waals surface area contributed by atoms with Gasteiger partial charge in [-0.25, -0.2) is 0 Å². The number of nitriles is 1. The fourth-order valence-electron chi connectivity index (χ4n) is 0.611. The summed E-state index contributed by atoms with van der Waals surface area (Å²) in [5.74, 6) is -0.151. The van der Waals surface area contributed by atoms with E-state index in [-0.39, 0.29) is 11.9 Å². The molecule has 1 fully saturated rings. The van der Waals surface area contributed by atoms with E-state index in [1.54, 1.807) is 0 Å². The molecule has 1 aliphatic rings. The van der Waals surface area contributed by atoms with Crippen molar-refractivity contribution in [3.05, 3.63) is 12.7 Å². The predicted octanol–water partition coefficient (Wildman–Crippen LogP) is -0.0932. The van der Waals surface area contributed by atoms with Gasteiger partial charge in [0, 0.05) is 0 Å². The molecule has 0 aliphatic carbocycles. The second-order valence-electron chi connectivity index (χ2n) is 1.84. The van der Waals surface area contributed by atoms with Crippen LogP contribution in [0.2, 0.25) is 0 Å². The molecule has 0 aromatic carbocycles. The normalized spacial score (nSPS) is 22.6. The summed E-state index contributed by atoms with van der Waals surface area (Å²) in [6.45, 7) is 3.86. The molecule has 0 aromatic rings. The smallest absolute Gasteiger partial charge is 0.247 e. The Bertz CT molecular complexity index is 192. The van der Waals surface area contributed by atoms with Crippen molar-refractivity contribution in [3.63, 3.8) is 0 Å². The van der Waals surface area contributed by atoms with E-state index in [1.165, 1.54) is 11.0 Å². The van der Waals surface area contributed by atoms with Crippen molar-refractivity contribution in [2.45, 2.75) is 6.04 Å². The molecule has 9 heavy (non-hydrogen) atoms. The van der Waals surface area contributed by atoms with Crippen LogP contribution in [0.4, 0.5) is 0 Å². The van der Waals surface area contributed by atoms with E-state index in [1.807, 2.05) is 6.07 Å². The minimum atomic E-state index is -0.185. The zero-order valence-electron chi connectivity index (χ0n) is 4.87. The van der Waals surface area contributed by atoms with Crippen LogP contribution in [-0.4, -0.2) is 23.4 Å². The van der Waals surface area contributed by atoms with E-state index >= 15 is 0 Å². The van der Waals surface area contributed by atoms with Crippen molar-refractivity contribution in [2.24, 2.45) is 0 Å². The average molecular weight is 122 g/mol. The molecule has 46 valence electrons. The van der Waals surface area contributed by atoms with Gasteiger partial charge in [0.25, 0.3) is 0 Å². The molecule has 1 unspecified atom stereocenters. The molecule has 1 atom stereocenters. The Balaban J connectivity index is 2.44. The maximum atomic E-state index is 10.6. The van der Waals surface area contributed by atoms with Crippen molar-refractivity contribution in [1.29, 1.82) is 5.26 Å². The molecule has 1 heterocycles. The molecular formula is C6H6N2O. The summed E-state index contributed by atoms with van der Waals surface area (Å²) in [6, 6.07) is 1.78. The van der Waals surface area contributed by atoms with Crippen molar-refractivity contribution in [3.8, 4) is 6.07 Å². The lowest BCUT2D eigenvalue weighted by Gasteiger charge is -1.90. The molecular weight excluding hydrogens is 116 g/mol. The van der Waals surface area contributed by atoms with Crippen LogP contribution < -0.4 is 0 Å². The summed E-state index contributed by atoms with van der Waals surface area (Å²) in [7, 11) is 0. The first-order chi connectivity index (χ1) is 4.29. The third-order valence-electron chi connectivity index (χ3n) is 1.22. The SMILES string of the molecule is C=CC(=O)N1CC1C#N. The van der Waals surface area contributed by atoms with Crippen LogP contribution in [-0.2, 0) is 4.79 Å². The first kappa shape index (κ1) is 5.83. The Labute approximate surface area is 53.2 Å². The van der Waals surface area contributed by atoms with Crippen LogP contribution in [0.15, 0.2) is 12.7 Å². The molecule has 1 amide bonds. The van der Waals surface area contributed by atoms with E-state index in [9.17, 15) is 4.79 Å². The fourth-order valence-corrected chi connectivity index (χ4v) is 0.611. The van der Waals surface area contributed by atoms with Gasteiger partial charge in [0.1, 0.15) is 6.04 Å². The summed E-state index contributed by atoms with van der Waals surface area (Å²) < 4.78 is 0. The van der Waals surface area contributed by atoms with Gasteiger partial charge in [-0.05, 0) is 6.08 Å². The monoisotopic (exact) mass is 122 g/mol. The first-order valence-electron chi connectivity index (χ1n) is 2.62. The number of hydrogen-bond donors (Lipinski definition) is 0. The fraction of sp³-hybridized carbons (Fsp3) is 0.333. The molecule has 0 aromatic heterocycles. The van der Waals surface area contributed by atoms with Gasteiger partial charge in [-0.15, -0.1) is 0 Å². The lowest BCUT2D eigenvalue weighted by atomic mass is 10.5. The molecule has 3 nitrogen and oxygen atoms in total. The number of nitrogens with zero attached hydrogens (tertiary/aromatic N) is 2. The third-order valence-corrected chi connectivity index (χ3v) is 1.22. The van der Waals surface area contributed by atoms with E-state index in [0.717, 1.165) is 0 Å². The zero-order valence-corrected chi connectivity index (χ0v) is 4.87. The third kappa shape index (κ3) is 0.918. The van der Waals surface area contributed by atoms with Crippen molar-refractivity contribution >= 4 is 5.91 Å². The van der Waals surface area contributed by atoms with Gasteiger partial charge in [-0.2, -0.15) is 5.26 Å². The largest absolute Gasteiger partial charge is 0.318 e. The molecule has 0 spiro atoms. The zero-order chi connectivity index (χ0) is 6.85. The first-order valence-corrected chi connectivity index (χ1v) is 2.62. The van der Waals surface area contributed by atoms with Gasteiger partial charge in [0.05, 0.1) is 12.6 Å². The Morgan fingerprint density at radius 3 is 3.00 bits per heavy atom. The molecule has 0 N–H and O–H groups in total. The summed E-state index contributed by atoms with van der Waals surface area (Å²) in [6.07, 6.45) is 1.22. The van der Waals surface area contributed by atoms with Gasteiger partial charge in [-0.3, -0.25) is 4.79 Å². The molecule has 0 saturated carbocycles. The number of carbonyl (C=O) groups is 1. The van der Waals surface area contributed by atoms with Crippen LogP contribution in [0.5, 0.6) is 0 Å². The average Bonchev–Trinajstić information content (AvgIpc) is 2.64. The van der Waals surface area contributed by atoms with Gasteiger partial charge in [0.2, 0.25) is 5.91 Å². The number of rotatable bonds is 1. The van der Waals surface area contributed by atoms with Gasteiger partial charge < -0.3 is 4.90 Å². The lowest BCUT2D eigenvalue weighted by Crippen LogP contribution is -2.08. The van der Waals surface area contributed by atoms with Crippen LogP contribution in [0.25, 0.3) is 0 Å². The number of hydrogen-bond acceptors (Lipinski definition) is 2. The Hall–Kier alpha value is -1.30. The molecule has 1 aliphatic heterocycles. The summed E-state index contributed by atoms with van der Waals surface area (Å²) in [5, 5.41) is 8.24. The standard InChI is InChI=1S/C6H6N2O/c1-2-6(9)8-4-5(8)3-7/h2,5H,1,4H2. The summed E-state index contributed by atoms with van der Waals surface area (Å²) >= 11 is 0. The second-order valence-corrected chi connectivity index (χ2v) is 1.84. The highest BCUT2D eigenvalue weighted by atomic mass is 16.2. The molecule has 1 rings (SSSR count). The van der Waals surface area contributed by atoms with E-state index in [0.29, 0.717) is 6.54 Å². The van der Waals surface area contributed by atoms with E-state index in [4.69, 9.17) is 5.26 Å². The van der Waals surface area contributed by atoms with Gasteiger partial charge in [-0.1, -0.05) is 6.58 Å².